The lowest BCUT2D eigenvalue weighted by molar-refractivity contribution is 0.0790. The summed E-state index contributed by atoms with van der Waals surface area (Å²) >= 11 is 0. The number of hydrogen-bond donors (Lipinski definition) is 1. The summed E-state index contributed by atoms with van der Waals surface area (Å²) in [6.45, 7) is 5.26. The van der Waals surface area contributed by atoms with E-state index in [2.05, 4.69) is 26.0 Å². The van der Waals surface area contributed by atoms with E-state index in [1.165, 1.54) is 37.0 Å². The van der Waals surface area contributed by atoms with Gasteiger partial charge in [0.1, 0.15) is 11.5 Å². The summed E-state index contributed by atoms with van der Waals surface area (Å²) in [5, 5.41) is 4.27. The molecule has 196 valence electrons. The number of aromatic nitrogens is 4. The molecule has 2 aliphatic rings. The van der Waals surface area contributed by atoms with Crippen molar-refractivity contribution < 1.29 is 9.18 Å². The molecule has 1 saturated carbocycles. The highest BCUT2D eigenvalue weighted by molar-refractivity contribution is 5.94. The minimum absolute atomic E-state index is 0.0687. The molecule has 1 aromatic carbocycles. The van der Waals surface area contributed by atoms with Gasteiger partial charge in [0.2, 0.25) is 5.95 Å². The zero-order chi connectivity index (χ0) is 26.2. The van der Waals surface area contributed by atoms with Gasteiger partial charge in [-0.15, -0.1) is 0 Å². The Kier molecular flexibility index (Phi) is 6.55. The summed E-state index contributed by atoms with van der Waals surface area (Å²) in [6, 6.07) is 10.4. The van der Waals surface area contributed by atoms with Gasteiger partial charge in [0.25, 0.3) is 5.91 Å². The molecule has 0 radical (unpaired) electrons. The number of anilines is 2. The third-order valence-electron chi connectivity index (χ3n) is 7.91. The standard InChI is InChI=1S/C30H33FN6O/c1-19-14-22(15-20(2)33-19)29(38)36-13-12-21(17-36)27-18-37(25-6-4-3-5-7-25)28-26(27)16-32-30(35-28)34-24-10-8-23(31)9-11-24/h8-11,14-16,18,21,25H,3-7,12-13,17H2,1-2H3,(H,32,34,35). The van der Waals surface area contributed by atoms with Crippen LogP contribution in [0.1, 0.15) is 77.8 Å². The fourth-order valence-corrected chi connectivity index (χ4v) is 6.08. The van der Waals surface area contributed by atoms with Crippen molar-refractivity contribution in [3.8, 4) is 0 Å². The molecule has 7 nitrogen and oxygen atoms in total. The van der Waals surface area contributed by atoms with Crippen molar-refractivity contribution in [1.82, 2.24) is 24.4 Å². The lowest BCUT2D eigenvalue weighted by Crippen LogP contribution is -2.28. The Morgan fingerprint density at radius 1 is 1.00 bits per heavy atom. The minimum atomic E-state index is -0.277. The molecule has 2 fully saturated rings. The highest BCUT2D eigenvalue weighted by Crippen LogP contribution is 2.38. The van der Waals surface area contributed by atoms with Gasteiger partial charge < -0.3 is 14.8 Å². The molecule has 4 aromatic rings. The Morgan fingerprint density at radius 3 is 2.47 bits per heavy atom. The van der Waals surface area contributed by atoms with Crippen molar-refractivity contribution in [2.24, 2.45) is 0 Å². The van der Waals surface area contributed by atoms with Gasteiger partial charge in [-0.1, -0.05) is 19.3 Å². The lowest BCUT2D eigenvalue weighted by atomic mass is 9.95. The minimum Gasteiger partial charge on any atom is -0.338 e. The summed E-state index contributed by atoms with van der Waals surface area (Å²) in [5.74, 6) is 0.521. The Labute approximate surface area is 222 Å². The number of fused-ring (bicyclic) bond motifs is 1. The number of halogens is 1. The Balaban J connectivity index is 1.31. The predicted molar refractivity (Wildman–Crippen MR) is 146 cm³/mol. The third kappa shape index (κ3) is 4.87. The van der Waals surface area contributed by atoms with Gasteiger partial charge in [0.05, 0.1) is 0 Å². The summed E-state index contributed by atoms with van der Waals surface area (Å²) < 4.78 is 15.7. The van der Waals surface area contributed by atoms with E-state index in [1.807, 2.05) is 37.1 Å². The molecular weight excluding hydrogens is 479 g/mol. The summed E-state index contributed by atoms with van der Waals surface area (Å²) in [7, 11) is 0. The molecule has 4 heterocycles. The van der Waals surface area contributed by atoms with Crippen LogP contribution in [-0.2, 0) is 0 Å². The lowest BCUT2D eigenvalue weighted by Gasteiger charge is -2.24. The molecule has 1 unspecified atom stereocenters. The van der Waals surface area contributed by atoms with Crippen molar-refractivity contribution in [2.75, 3.05) is 18.4 Å². The smallest absolute Gasteiger partial charge is 0.254 e. The number of nitrogens with one attached hydrogen (secondary N) is 1. The second-order valence-electron chi connectivity index (χ2n) is 10.7. The Morgan fingerprint density at radius 2 is 1.74 bits per heavy atom. The van der Waals surface area contributed by atoms with Crippen LogP contribution < -0.4 is 5.32 Å². The molecule has 1 aliphatic carbocycles. The first-order chi connectivity index (χ1) is 18.4. The predicted octanol–water partition coefficient (Wildman–Crippen LogP) is 6.46. The molecule has 1 atom stereocenters. The number of hydrogen-bond acceptors (Lipinski definition) is 5. The van der Waals surface area contributed by atoms with E-state index in [0.29, 0.717) is 24.1 Å². The highest BCUT2D eigenvalue weighted by atomic mass is 19.1. The van der Waals surface area contributed by atoms with Crippen molar-refractivity contribution in [3.63, 3.8) is 0 Å². The van der Waals surface area contributed by atoms with Crippen LogP contribution >= 0.6 is 0 Å². The molecule has 1 N–H and O–H groups in total. The van der Waals surface area contributed by atoms with Crippen LogP contribution in [0, 0.1) is 19.7 Å². The van der Waals surface area contributed by atoms with Gasteiger partial charge in [0.15, 0.2) is 0 Å². The molecule has 1 aliphatic heterocycles. The number of amides is 1. The summed E-state index contributed by atoms with van der Waals surface area (Å²) in [5.41, 5.74) is 5.32. The van der Waals surface area contributed by atoms with E-state index < -0.39 is 0 Å². The summed E-state index contributed by atoms with van der Waals surface area (Å²) in [6.07, 6.45) is 11.1. The number of nitrogens with zero attached hydrogens (tertiary/aromatic N) is 5. The first-order valence-corrected chi connectivity index (χ1v) is 13.6. The normalized spacial score (nSPS) is 18.3. The molecule has 1 saturated heterocycles. The molecule has 0 bridgehead atoms. The largest absolute Gasteiger partial charge is 0.338 e. The van der Waals surface area contributed by atoms with Crippen LogP contribution in [0.4, 0.5) is 16.0 Å². The molecule has 38 heavy (non-hydrogen) atoms. The number of likely N-dealkylation sites (tertiary alicyclic amines) is 1. The molecule has 0 spiro atoms. The molecule has 1 amide bonds. The van der Waals surface area contributed by atoms with Gasteiger partial charge in [-0.2, -0.15) is 4.98 Å². The number of rotatable bonds is 5. The van der Waals surface area contributed by atoms with Crippen LogP contribution in [0.2, 0.25) is 0 Å². The first kappa shape index (κ1) is 24.5. The van der Waals surface area contributed by atoms with Gasteiger partial charge in [-0.3, -0.25) is 9.78 Å². The van der Waals surface area contributed by atoms with Crippen LogP contribution in [-0.4, -0.2) is 43.4 Å². The quantitative estimate of drug-likeness (QED) is 0.332. The summed E-state index contributed by atoms with van der Waals surface area (Å²) in [4.78, 5) is 29.3. The zero-order valence-corrected chi connectivity index (χ0v) is 22.0. The number of carbonyl (C=O) groups is 1. The fraction of sp³-hybridized carbons (Fsp3) is 0.400. The SMILES string of the molecule is Cc1cc(C(=O)N2CCC(c3cn(C4CCCCC4)c4nc(Nc5ccc(F)cc5)ncc34)C2)cc(C)n1. The van der Waals surface area contributed by atoms with Gasteiger partial charge in [0, 0.05) is 65.5 Å². The van der Waals surface area contributed by atoms with Gasteiger partial charge in [-0.05, 0) is 75.1 Å². The number of carbonyl (C=O) groups excluding carboxylic acids is 1. The molecule has 3 aromatic heterocycles. The second kappa shape index (κ2) is 10.2. The first-order valence-electron chi connectivity index (χ1n) is 13.6. The number of pyridine rings is 1. The van der Waals surface area contributed by atoms with Crippen LogP contribution in [0.25, 0.3) is 11.0 Å². The third-order valence-corrected chi connectivity index (χ3v) is 7.91. The van der Waals surface area contributed by atoms with Crippen LogP contribution in [0.3, 0.4) is 0 Å². The van der Waals surface area contributed by atoms with Crippen molar-refractivity contribution >= 4 is 28.6 Å². The number of aryl methyl sites for hydroxylation is 2. The molecule has 6 rings (SSSR count). The van der Waals surface area contributed by atoms with Crippen molar-refractivity contribution in [1.29, 1.82) is 0 Å². The maximum Gasteiger partial charge on any atom is 0.254 e. The van der Waals surface area contributed by atoms with E-state index in [0.717, 1.165) is 53.9 Å². The zero-order valence-electron chi connectivity index (χ0n) is 22.0. The molecular formula is C30H33FN6O. The Hall–Kier alpha value is -3.81. The second-order valence-corrected chi connectivity index (χ2v) is 10.7. The Bertz CT molecular complexity index is 1450. The molecule has 8 heteroatoms. The van der Waals surface area contributed by atoms with Crippen LogP contribution in [0.5, 0.6) is 0 Å². The average Bonchev–Trinajstić information content (AvgIpc) is 3.55. The average molecular weight is 513 g/mol. The van der Waals surface area contributed by atoms with E-state index in [-0.39, 0.29) is 17.6 Å². The van der Waals surface area contributed by atoms with E-state index in [1.54, 1.807) is 12.1 Å². The highest BCUT2D eigenvalue weighted by Gasteiger charge is 2.31. The number of benzene rings is 1. The monoisotopic (exact) mass is 512 g/mol. The maximum absolute atomic E-state index is 13.4. The van der Waals surface area contributed by atoms with Gasteiger partial charge in [-0.25, -0.2) is 9.37 Å². The van der Waals surface area contributed by atoms with E-state index in [9.17, 15) is 9.18 Å². The van der Waals surface area contributed by atoms with E-state index >= 15 is 0 Å². The topological polar surface area (TPSA) is 75.9 Å². The maximum atomic E-state index is 13.4. The van der Waals surface area contributed by atoms with Crippen molar-refractivity contribution in [2.45, 2.75) is 64.3 Å². The van der Waals surface area contributed by atoms with Crippen molar-refractivity contribution in [3.05, 3.63) is 77.1 Å². The van der Waals surface area contributed by atoms with E-state index in [4.69, 9.17) is 4.98 Å². The van der Waals surface area contributed by atoms with Crippen LogP contribution in [0.15, 0.2) is 48.8 Å². The fourth-order valence-electron chi connectivity index (χ4n) is 6.08. The van der Waals surface area contributed by atoms with Gasteiger partial charge >= 0.3 is 0 Å².